The zero-order chi connectivity index (χ0) is 22.4. The van der Waals surface area contributed by atoms with Gasteiger partial charge < -0.3 is 4.74 Å². The Labute approximate surface area is 188 Å². The number of para-hydroxylation sites is 1. The molecule has 3 aromatic rings. The van der Waals surface area contributed by atoms with Crippen LogP contribution in [0.2, 0.25) is 5.02 Å². The molecule has 0 saturated carbocycles. The average Bonchev–Trinajstić information content (AvgIpc) is 3.30. The van der Waals surface area contributed by atoms with Gasteiger partial charge in [0.25, 0.3) is 5.91 Å². The van der Waals surface area contributed by atoms with Gasteiger partial charge in [0.2, 0.25) is 5.91 Å². The molecule has 0 N–H and O–H groups in total. The summed E-state index contributed by atoms with van der Waals surface area (Å²) < 4.78 is 20.2. The Bertz CT molecular complexity index is 1190. The van der Waals surface area contributed by atoms with E-state index in [4.69, 9.17) is 21.2 Å². The first-order valence-corrected chi connectivity index (χ1v) is 10.4. The number of carbonyl (C=O) groups is 2. The van der Waals surface area contributed by atoms with E-state index in [-0.39, 0.29) is 10.6 Å². The summed E-state index contributed by atoms with van der Waals surface area (Å²) in [4.78, 5) is 34.0. The van der Waals surface area contributed by atoms with Crippen molar-refractivity contribution in [3.8, 4) is 5.75 Å². The lowest BCUT2D eigenvalue weighted by molar-refractivity contribution is -0.126. The van der Waals surface area contributed by atoms with Gasteiger partial charge in [0.1, 0.15) is 23.5 Å². The summed E-state index contributed by atoms with van der Waals surface area (Å²) in [6, 6.07) is 19.0. The van der Waals surface area contributed by atoms with Gasteiger partial charge in [-0.25, -0.2) is 14.4 Å². The molecule has 5 rings (SSSR count). The largest absolute Gasteiger partial charge is 0.497 e. The van der Waals surface area contributed by atoms with Crippen molar-refractivity contribution >= 4 is 34.8 Å². The van der Waals surface area contributed by atoms with Crippen molar-refractivity contribution < 1.29 is 23.6 Å². The Hall–Kier alpha value is -3.42. The number of imide groups is 1. The van der Waals surface area contributed by atoms with Crippen molar-refractivity contribution in [3.05, 3.63) is 89.2 Å². The van der Waals surface area contributed by atoms with Crippen LogP contribution in [-0.4, -0.2) is 25.0 Å². The Balaban J connectivity index is 1.62. The molecule has 0 bridgehead atoms. The molecular formula is C24H18ClFN2O4. The van der Waals surface area contributed by atoms with Gasteiger partial charge in [-0.05, 0) is 36.4 Å². The van der Waals surface area contributed by atoms with Gasteiger partial charge in [0.15, 0.2) is 6.10 Å². The number of benzene rings is 3. The number of carbonyl (C=O) groups excluding carboxylic acids is 2. The Morgan fingerprint density at radius 2 is 1.66 bits per heavy atom. The minimum absolute atomic E-state index is 0.110. The standard InChI is InChI=1S/C24H18ClFN2O4/c1-31-16-10-5-9-15(13-16)27-23(29)20-21(19-17(25)11-6-12-18(19)26)28(32-22(20)24(27)30)14-7-3-2-4-8-14/h2-13,20-22H,1H3/t20-,21+,22-/m1/s1. The van der Waals surface area contributed by atoms with E-state index in [9.17, 15) is 14.0 Å². The van der Waals surface area contributed by atoms with Gasteiger partial charge in [0.05, 0.1) is 18.5 Å². The van der Waals surface area contributed by atoms with E-state index in [2.05, 4.69) is 0 Å². The van der Waals surface area contributed by atoms with Gasteiger partial charge in [-0.3, -0.25) is 14.4 Å². The van der Waals surface area contributed by atoms with Crippen molar-refractivity contribution in [1.29, 1.82) is 0 Å². The second-order valence-corrected chi connectivity index (χ2v) is 7.91. The molecule has 32 heavy (non-hydrogen) atoms. The molecule has 2 amide bonds. The first-order valence-electron chi connectivity index (χ1n) is 9.98. The summed E-state index contributed by atoms with van der Waals surface area (Å²) in [6.07, 6.45) is -1.12. The monoisotopic (exact) mass is 452 g/mol. The highest BCUT2D eigenvalue weighted by atomic mass is 35.5. The second-order valence-electron chi connectivity index (χ2n) is 7.51. The summed E-state index contributed by atoms with van der Waals surface area (Å²) >= 11 is 6.38. The number of nitrogens with zero attached hydrogens (tertiary/aromatic N) is 2. The topological polar surface area (TPSA) is 59.1 Å². The third-order valence-electron chi connectivity index (χ3n) is 5.73. The normalized spacial score (nSPS) is 22.4. The highest BCUT2D eigenvalue weighted by molar-refractivity contribution is 6.31. The van der Waals surface area contributed by atoms with Crippen LogP contribution in [0.25, 0.3) is 0 Å². The van der Waals surface area contributed by atoms with E-state index in [0.717, 1.165) is 4.90 Å². The van der Waals surface area contributed by atoms with E-state index < -0.39 is 35.7 Å². The van der Waals surface area contributed by atoms with Gasteiger partial charge >= 0.3 is 0 Å². The fourth-order valence-electron chi connectivity index (χ4n) is 4.30. The van der Waals surface area contributed by atoms with E-state index in [1.165, 1.54) is 24.3 Å². The molecule has 0 radical (unpaired) electrons. The zero-order valence-corrected chi connectivity index (χ0v) is 17.7. The minimum Gasteiger partial charge on any atom is -0.497 e. The van der Waals surface area contributed by atoms with Crippen LogP contribution in [0.4, 0.5) is 15.8 Å². The molecule has 0 unspecified atom stereocenters. The summed E-state index contributed by atoms with van der Waals surface area (Å²) in [6.45, 7) is 0. The summed E-state index contributed by atoms with van der Waals surface area (Å²) in [5, 5.41) is 1.57. The first-order chi connectivity index (χ1) is 15.5. The third-order valence-corrected chi connectivity index (χ3v) is 6.06. The van der Waals surface area contributed by atoms with E-state index in [1.54, 1.807) is 54.6 Å². The number of ether oxygens (including phenoxy) is 1. The third kappa shape index (κ3) is 3.13. The fourth-order valence-corrected chi connectivity index (χ4v) is 4.58. The number of methoxy groups -OCH3 is 1. The molecule has 2 aliphatic rings. The number of hydroxylamine groups is 1. The van der Waals surface area contributed by atoms with Crippen LogP contribution in [-0.2, 0) is 14.4 Å². The molecular weight excluding hydrogens is 435 g/mol. The van der Waals surface area contributed by atoms with Crippen molar-refractivity contribution in [3.63, 3.8) is 0 Å². The van der Waals surface area contributed by atoms with Crippen molar-refractivity contribution in [2.24, 2.45) is 5.92 Å². The molecule has 0 spiro atoms. The van der Waals surface area contributed by atoms with Gasteiger partial charge in [-0.1, -0.05) is 41.9 Å². The Morgan fingerprint density at radius 1 is 0.938 bits per heavy atom. The van der Waals surface area contributed by atoms with Crippen LogP contribution in [0.5, 0.6) is 5.75 Å². The number of rotatable bonds is 4. The molecule has 2 fully saturated rings. The lowest BCUT2D eigenvalue weighted by Gasteiger charge is -2.29. The SMILES string of the molecule is COc1cccc(N2C(=O)[C@H]3[C@@H](ON(c4ccccc4)[C@H]3c3c(F)cccc3Cl)C2=O)c1. The molecule has 162 valence electrons. The Kier molecular flexibility index (Phi) is 5.07. The summed E-state index contributed by atoms with van der Waals surface area (Å²) in [7, 11) is 1.50. The second kappa shape index (κ2) is 7.93. The molecule has 6 nitrogen and oxygen atoms in total. The highest BCUT2D eigenvalue weighted by Gasteiger charge is 2.61. The molecule has 3 aromatic carbocycles. The number of hydrogen-bond acceptors (Lipinski definition) is 5. The van der Waals surface area contributed by atoms with E-state index in [0.29, 0.717) is 17.1 Å². The van der Waals surface area contributed by atoms with E-state index >= 15 is 0 Å². The predicted octanol–water partition coefficient (Wildman–Crippen LogP) is 4.54. The predicted molar refractivity (Wildman–Crippen MR) is 117 cm³/mol. The van der Waals surface area contributed by atoms with Gasteiger partial charge in [0, 0.05) is 16.7 Å². The Morgan fingerprint density at radius 3 is 2.38 bits per heavy atom. The molecule has 0 aromatic heterocycles. The molecule has 2 aliphatic heterocycles. The highest BCUT2D eigenvalue weighted by Crippen LogP contribution is 2.49. The smallest absolute Gasteiger partial charge is 0.266 e. The van der Waals surface area contributed by atoms with Crippen LogP contribution in [0.15, 0.2) is 72.8 Å². The quantitative estimate of drug-likeness (QED) is 0.544. The summed E-state index contributed by atoms with van der Waals surface area (Å²) in [5.74, 6) is -2.07. The van der Waals surface area contributed by atoms with Crippen molar-refractivity contribution in [1.82, 2.24) is 0 Å². The summed E-state index contributed by atoms with van der Waals surface area (Å²) in [5.41, 5.74) is 1.06. The molecule has 2 saturated heterocycles. The number of halogens is 2. The van der Waals surface area contributed by atoms with E-state index in [1.807, 2.05) is 6.07 Å². The van der Waals surface area contributed by atoms with Crippen LogP contribution in [0.1, 0.15) is 11.6 Å². The molecule has 8 heteroatoms. The maximum Gasteiger partial charge on any atom is 0.266 e. The van der Waals surface area contributed by atoms with Crippen molar-refractivity contribution in [2.75, 3.05) is 17.1 Å². The van der Waals surface area contributed by atoms with Crippen LogP contribution >= 0.6 is 11.6 Å². The molecule has 0 aliphatic carbocycles. The van der Waals surface area contributed by atoms with Gasteiger partial charge in [-0.2, -0.15) is 0 Å². The van der Waals surface area contributed by atoms with Gasteiger partial charge in [-0.15, -0.1) is 0 Å². The lowest BCUT2D eigenvalue weighted by atomic mass is 9.90. The number of amides is 2. The van der Waals surface area contributed by atoms with Crippen LogP contribution in [0, 0.1) is 11.7 Å². The molecule has 3 atom stereocenters. The lowest BCUT2D eigenvalue weighted by Crippen LogP contribution is -2.37. The van der Waals surface area contributed by atoms with Crippen molar-refractivity contribution in [2.45, 2.75) is 12.1 Å². The number of anilines is 2. The minimum atomic E-state index is -1.12. The van der Waals surface area contributed by atoms with Crippen LogP contribution in [0.3, 0.4) is 0 Å². The maximum atomic E-state index is 15.0. The first kappa shape index (κ1) is 20.5. The average molecular weight is 453 g/mol. The van der Waals surface area contributed by atoms with Crippen LogP contribution < -0.4 is 14.7 Å². The number of fused-ring (bicyclic) bond motifs is 1. The maximum absolute atomic E-state index is 15.0. The fraction of sp³-hybridized carbons (Fsp3) is 0.167. The molecule has 2 heterocycles. The number of hydrogen-bond donors (Lipinski definition) is 0. The zero-order valence-electron chi connectivity index (χ0n) is 16.9.